The van der Waals surface area contributed by atoms with Gasteiger partial charge in [0.05, 0.1) is 0 Å². The van der Waals surface area contributed by atoms with E-state index >= 15 is 0 Å². The number of rotatable bonds is 2. The van der Waals surface area contributed by atoms with E-state index in [1.54, 1.807) is 0 Å². The van der Waals surface area contributed by atoms with Gasteiger partial charge in [-0.05, 0) is 30.8 Å². The Labute approximate surface area is 89.1 Å². The molecule has 0 amide bonds. The molecule has 0 aliphatic carbocycles. The summed E-state index contributed by atoms with van der Waals surface area (Å²) in [6.45, 7) is 15.4. The van der Waals surface area contributed by atoms with Crippen LogP contribution < -0.4 is 5.32 Å². The van der Waals surface area contributed by atoms with Crippen molar-refractivity contribution in [3.05, 3.63) is 0 Å². The number of hydrogen-bond acceptors (Lipinski definition) is 2. The fraction of sp³-hybridized carbons (Fsp3) is 1.00. The minimum atomic E-state index is 0.426. The van der Waals surface area contributed by atoms with Crippen molar-refractivity contribution >= 4 is 0 Å². The second-order valence-corrected chi connectivity index (χ2v) is 5.82. The van der Waals surface area contributed by atoms with E-state index in [9.17, 15) is 0 Å². The van der Waals surface area contributed by atoms with Gasteiger partial charge >= 0.3 is 0 Å². The lowest BCUT2D eigenvalue weighted by molar-refractivity contribution is 0.144. The summed E-state index contributed by atoms with van der Waals surface area (Å²) in [5, 5.41) is 3.52. The summed E-state index contributed by atoms with van der Waals surface area (Å²) in [6.07, 6.45) is 1.29. The molecule has 84 valence electrons. The second kappa shape index (κ2) is 5.13. The quantitative estimate of drug-likeness (QED) is 0.730. The van der Waals surface area contributed by atoms with Crippen molar-refractivity contribution in [3.8, 4) is 0 Å². The molecule has 2 nitrogen and oxygen atoms in total. The zero-order valence-electron chi connectivity index (χ0n) is 10.3. The Morgan fingerprint density at radius 3 is 2.71 bits per heavy atom. The molecule has 0 atom stereocenters. The Morgan fingerprint density at radius 1 is 1.36 bits per heavy atom. The van der Waals surface area contributed by atoms with E-state index in [-0.39, 0.29) is 0 Å². The molecule has 0 radical (unpaired) electrons. The standard InChI is InChI=1S/C12H26N2/c1-11(2)8-14-7-5-6-13-9-12(3,4)10-14/h11,13H,5-10H2,1-4H3. The average Bonchev–Trinajstić information content (AvgIpc) is 1.98. The summed E-state index contributed by atoms with van der Waals surface area (Å²) in [5.41, 5.74) is 0.426. The molecule has 0 unspecified atom stereocenters. The Hall–Kier alpha value is -0.0800. The molecule has 1 N–H and O–H groups in total. The zero-order valence-corrected chi connectivity index (χ0v) is 10.3. The van der Waals surface area contributed by atoms with Gasteiger partial charge in [-0.3, -0.25) is 0 Å². The SMILES string of the molecule is CC(C)CN1CCCNCC(C)(C)C1. The minimum absolute atomic E-state index is 0.426. The Bertz CT molecular complexity index is 164. The van der Waals surface area contributed by atoms with Gasteiger partial charge < -0.3 is 10.2 Å². The molecule has 1 rings (SSSR count). The van der Waals surface area contributed by atoms with Crippen molar-refractivity contribution in [1.29, 1.82) is 0 Å². The van der Waals surface area contributed by atoms with Crippen molar-refractivity contribution < 1.29 is 0 Å². The van der Waals surface area contributed by atoms with Gasteiger partial charge in [0.15, 0.2) is 0 Å². The van der Waals surface area contributed by atoms with Gasteiger partial charge in [0, 0.05) is 19.6 Å². The maximum atomic E-state index is 3.52. The molecular weight excluding hydrogens is 172 g/mol. The van der Waals surface area contributed by atoms with Crippen LogP contribution in [0.3, 0.4) is 0 Å². The Kier molecular flexibility index (Phi) is 4.39. The molecular formula is C12H26N2. The second-order valence-electron chi connectivity index (χ2n) is 5.82. The first kappa shape index (κ1) is 12.0. The van der Waals surface area contributed by atoms with Crippen LogP contribution in [-0.2, 0) is 0 Å². The Morgan fingerprint density at radius 2 is 2.07 bits per heavy atom. The summed E-state index contributed by atoms with van der Waals surface area (Å²) in [6, 6.07) is 0. The predicted molar refractivity (Wildman–Crippen MR) is 62.5 cm³/mol. The fourth-order valence-corrected chi connectivity index (χ4v) is 2.27. The molecule has 2 heteroatoms. The highest BCUT2D eigenvalue weighted by molar-refractivity contribution is 4.79. The van der Waals surface area contributed by atoms with E-state index in [2.05, 4.69) is 37.9 Å². The molecule has 0 saturated carbocycles. The minimum Gasteiger partial charge on any atom is -0.316 e. The summed E-state index contributed by atoms with van der Waals surface area (Å²) < 4.78 is 0. The van der Waals surface area contributed by atoms with Crippen LogP contribution in [0.1, 0.15) is 34.1 Å². The molecule has 1 aliphatic rings. The third-order valence-electron chi connectivity index (χ3n) is 2.71. The fourth-order valence-electron chi connectivity index (χ4n) is 2.27. The van der Waals surface area contributed by atoms with E-state index in [4.69, 9.17) is 0 Å². The van der Waals surface area contributed by atoms with Crippen molar-refractivity contribution in [2.45, 2.75) is 34.1 Å². The van der Waals surface area contributed by atoms with Crippen molar-refractivity contribution in [2.75, 3.05) is 32.7 Å². The van der Waals surface area contributed by atoms with E-state index in [1.165, 1.54) is 32.6 Å². The molecule has 0 aromatic rings. The van der Waals surface area contributed by atoms with Gasteiger partial charge in [0.1, 0.15) is 0 Å². The molecule has 0 aromatic heterocycles. The third kappa shape index (κ3) is 4.43. The highest BCUT2D eigenvalue weighted by Crippen LogP contribution is 2.18. The zero-order chi connectivity index (χ0) is 10.6. The molecule has 1 saturated heterocycles. The van der Waals surface area contributed by atoms with Crippen molar-refractivity contribution in [2.24, 2.45) is 11.3 Å². The van der Waals surface area contributed by atoms with E-state index in [0.29, 0.717) is 5.41 Å². The largest absolute Gasteiger partial charge is 0.316 e. The number of hydrogen-bond donors (Lipinski definition) is 1. The van der Waals surface area contributed by atoms with Crippen LogP contribution in [0.2, 0.25) is 0 Å². The van der Waals surface area contributed by atoms with Gasteiger partial charge in [-0.2, -0.15) is 0 Å². The van der Waals surface area contributed by atoms with E-state index < -0.39 is 0 Å². The van der Waals surface area contributed by atoms with Crippen LogP contribution in [0, 0.1) is 11.3 Å². The molecule has 1 fully saturated rings. The maximum Gasteiger partial charge on any atom is 0.00449 e. The van der Waals surface area contributed by atoms with E-state index in [0.717, 1.165) is 12.5 Å². The number of nitrogens with zero attached hydrogens (tertiary/aromatic N) is 1. The van der Waals surface area contributed by atoms with Gasteiger partial charge in [0.2, 0.25) is 0 Å². The molecule has 0 bridgehead atoms. The normalized spacial score (nSPS) is 24.6. The molecule has 0 aromatic carbocycles. The van der Waals surface area contributed by atoms with Gasteiger partial charge in [-0.25, -0.2) is 0 Å². The molecule has 0 spiro atoms. The lowest BCUT2D eigenvalue weighted by Gasteiger charge is -2.36. The Balaban J connectivity index is 2.46. The monoisotopic (exact) mass is 198 g/mol. The summed E-state index contributed by atoms with van der Waals surface area (Å²) in [7, 11) is 0. The lowest BCUT2D eigenvalue weighted by atomic mass is 9.91. The topological polar surface area (TPSA) is 15.3 Å². The third-order valence-corrected chi connectivity index (χ3v) is 2.71. The average molecular weight is 198 g/mol. The van der Waals surface area contributed by atoms with Gasteiger partial charge in [0.25, 0.3) is 0 Å². The maximum absolute atomic E-state index is 3.52. The number of nitrogens with one attached hydrogen (secondary N) is 1. The summed E-state index contributed by atoms with van der Waals surface area (Å²) in [5.74, 6) is 0.790. The van der Waals surface area contributed by atoms with Gasteiger partial charge in [-0.15, -0.1) is 0 Å². The van der Waals surface area contributed by atoms with Crippen LogP contribution >= 0.6 is 0 Å². The highest BCUT2D eigenvalue weighted by atomic mass is 15.1. The van der Waals surface area contributed by atoms with E-state index in [1.807, 2.05) is 0 Å². The lowest BCUT2D eigenvalue weighted by Crippen LogP contribution is -2.45. The predicted octanol–water partition coefficient (Wildman–Crippen LogP) is 1.96. The first-order chi connectivity index (χ1) is 6.49. The van der Waals surface area contributed by atoms with Crippen LogP contribution in [-0.4, -0.2) is 37.6 Å². The highest BCUT2D eigenvalue weighted by Gasteiger charge is 2.23. The van der Waals surface area contributed by atoms with Crippen molar-refractivity contribution in [3.63, 3.8) is 0 Å². The summed E-state index contributed by atoms with van der Waals surface area (Å²) >= 11 is 0. The smallest absolute Gasteiger partial charge is 0.00449 e. The van der Waals surface area contributed by atoms with Crippen LogP contribution in [0.15, 0.2) is 0 Å². The molecule has 1 aliphatic heterocycles. The van der Waals surface area contributed by atoms with Gasteiger partial charge in [-0.1, -0.05) is 27.7 Å². The first-order valence-corrected chi connectivity index (χ1v) is 5.93. The van der Waals surface area contributed by atoms with Crippen LogP contribution in [0.25, 0.3) is 0 Å². The molecule has 1 heterocycles. The van der Waals surface area contributed by atoms with Crippen LogP contribution in [0.4, 0.5) is 0 Å². The van der Waals surface area contributed by atoms with Crippen LogP contribution in [0.5, 0.6) is 0 Å². The first-order valence-electron chi connectivity index (χ1n) is 5.93. The summed E-state index contributed by atoms with van der Waals surface area (Å²) in [4.78, 5) is 2.63. The van der Waals surface area contributed by atoms with Crippen molar-refractivity contribution in [1.82, 2.24) is 10.2 Å². The molecule has 14 heavy (non-hydrogen) atoms.